The lowest BCUT2D eigenvalue weighted by Gasteiger charge is -2.38. The van der Waals surface area contributed by atoms with E-state index in [0.717, 1.165) is 12.5 Å². The van der Waals surface area contributed by atoms with Crippen molar-refractivity contribution in [2.24, 2.45) is 0 Å². The Bertz CT molecular complexity index is 775. The summed E-state index contributed by atoms with van der Waals surface area (Å²) in [5.41, 5.74) is -1.25. The molecule has 10 heteroatoms. The van der Waals surface area contributed by atoms with Crippen molar-refractivity contribution in [3.63, 3.8) is 0 Å². The molecule has 6 nitrogen and oxygen atoms in total. The number of piperazine rings is 1. The van der Waals surface area contributed by atoms with Gasteiger partial charge in [0.25, 0.3) is 16.0 Å². The molecule has 1 aromatic rings. The van der Waals surface area contributed by atoms with Gasteiger partial charge in [-0.2, -0.15) is 21.6 Å². The van der Waals surface area contributed by atoms with Crippen molar-refractivity contribution in [3.05, 3.63) is 35.4 Å². The van der Waals surface area contributed by atoms with Gasteiger partial charge in [0.15, 0.2) is 0 Å². The number of alkyl halides is 3. The molecule has 1 saturated heterocycles. The van der Waals surface area contributed by atoms with Crippen LogP contribution in [0.1, 0.15) is 42.1 Å². The maximum Gasteiger partial charge on any atom is 0.417 e. The van der Waals surface area contributed by atoms with E-state index in [4.69, 9.17) is 4.55 Å². The van der Waals surface area contributed by atoms with Gasteiger partial charge in [0.05, 0.1) is 16.9 Å². The number of nitrogens with zero attached hydrogens (tertiary/aromatic N) is 2. The van der Waals surface area contributed by atoms with Crippen LogP contribution in [-0.2, 0) is 16.3 Å². The SMILES string of the molecule is CC(CCCCS(=O)(=O)O)N1CCN(C(=O)c2ccccc2C(F)(F)F)CC1. The van der Waals surface area contributed by atoms with Gasteiger partial charge in [0.1, 0.15) is 0 Å². The molecule has 0 aliphatic carbocycles. The molecule has 158 valence electrons. The highest BCUT2D eigenvalue weighted by Gasteiger charge is 2.36. The number of amides is 1. The summed E-state index contributed by atoms with van der Waals surface area (Å²) in [6.07, 6.45) is -2.83. The highest BCUT2D eigenvalue weighted by atomic mass is 32.2. The minimum absolute atomic E-state index is 0.154. The maximum absolute atomic E-state index is 13.1. The Kier molecular flexibility index (Phi) is 7.46. The fourth-order valence-electron chi connectivity index (χ4n) is 3.36. The molecule has 0 radical (unpaired) electrons. The van der Waals surface area contributed by atoms with E-state index in [0.29, 0.717) is 39.0 Å². The molecule has 0 saturated carbocycles. The molecule has 1 amide bonds. The Hall–Kier alpha value is -1.65. The highest BCUT2D eigenvalue weighted by Crippen LogP contribution is 2.32. The monoisotopic (exact) mass is 422 g/mol. The second-order valence-corrected chi connectivity index (χ2v) is 8.57. The third-order valence-corrected chi connectivity index (χ3v) is 5.77. The minimum atomic E-state index is -4.58. The number of benzene rings is 1. The lowest BCUT2D eigenvalue weighted by atomic mass is 10.0. The van der Waals surface area contributed by atoms with Gasteiger partial charge in [0.2, 0.25) is 0 Å². The molecule has 1 unspecified atom stereocenters. The summed E-state index contributed by atoms with van der Waals surface area (Å²) in [5, 5.41) is 0. The quantitative estimate of drug-likeness (QED) is 0.540. The van der Waals surface area contributed by atoms with Gasteiger partial charge in [-0.1, -0.05) is 18.6 Å². The van der Waals surface area contributed by atoms with Crippen molar-refractivity contribution in [2.45, 2.75) is 38.4 Å². The summed E-state index contributed by atoms with van der Waals surface area (Å²) < 4.78 is 69.6. The van der Waals surface area contributed by atoms with Crippen LogP contribution >= 0.6 is 0 Å². The zero-order valence-corrected chi connectivity index (χ0v) is 16.5. The predicted octanol–water partition coefficient (Wildman–Crippen LogP) is 2.91. The second-order valence-electron chi connectivity index (χ2n) is 7.00. The number of halogens is 3. The van der Waals surface area contributed by atoms with E-state index in [2.05, 4.69) is 4.90 Å². The van der Waals surface area contributed by atoms with Gasteiger partial charge in [-0.25, -0.2) is 0 Å². The van der Waals surface area contributed by atoms with Crippen LogP contribution in [0.3, 0.4) is 0 Å². The fourth-order valence-corrected chi connectivity index (χ4v) is 3.93. The maximum atomic E-state index is 13.1. The number of unbranched alkanes of at least 4 members (excludes halogenated alkanes) is 1. The van der Waals surface area contributed by atoms with Crippen molar-refractivity contribution in [1.29, 1.82) is 0 Å². The second kappa shape index (κ2) is 9.23. The molecule has 0 bridgehead atoms. The number of hydrogen-bond acceptors (Lipinski definition) is 4. The van der Waals surface area contributed by atoms with Crippen LogP contribution in [0.15, 0.2) is 24.3 Å². The molecule has 1 fully saturated rings. The first-order chi connectivity index (χ1) is 13.0. The van der Waals surface area contributed by atoms with Crippen LogP contribution in [0.5, 0.6) is 0 Å². The molecule has 0 aromatic heterocycles. The van der Waals surface area contributed by atoms with Gasteiger partial charge < -0.3 is 4.90 Å². The van der Waals surface area contributed by atoms with Crippen LogP contribution in [0.4, 0.5) is 13.2 Å². The first-order valence-corrected chi connectivity index (χ1v) is 10.7. The first kappa shape index (κ1) is 22.6. The molecule has 1 atom stereocenters. The summed E-state index contributed by atoms with van der Waals surface area (Å²) in [4.78, 5) is 16.1. The van der Waals surface area contributed by atoms with Crippen LogP contribution in [-0.4, -0.2) is 66.7 Å². The van der Waals surface area contributed by atoms with Crippen LogP contribution in [0.2, 0.25) is 0 Å². The molecule has 1 heterocycles. The molecule has 0 spiro atoms. The van der Waals surface area contributed by atoms with E-state index in [1.807, 2.05) is 6.92 Å². The number of hydrogen-bond donors (Lipinski definition) is 1. The number of rotatable bonds is 7. The molecular weight excluding hydrogens is 397 g/mol. The van der Waals surface area contributed by atoms with Crippen molar-refractivity contribution >= 4 is 16.0 Å². The van der Waals surface area contributed by atoms with E-state index in [1.165, 1.54) is 23.1 Å². The zero-order valence-electron chi connectivity index (χ0n) is 15.7. The van der Waals surface area contributed by atoms with Gasteiger partial charge in [-0.05, 0) is 31.9 Å². The summed E-state index contributed by atoms with van der Waals surface area (Å²) in [7, 11) is -3.94. The van der Waals surface area contributed by atoms with Crippen LogP contribution in [0, 0.1) is 0 Å². The zero-order chi connectivity index (χ0) is 20.9. The Labute approximate surface area is 163 Å². The van der Waals surface area contributed by atoms with Gasteiger partial charge in [-0.3, -0.25) is 14.2 Å². The first-order valence-electron chi connectivity index (χ1n) is 9.14. The summed E-state index contributed by atoms with van der Waals surface area (Å²) in [6, 6.07) is 4.96. The Balaban J connectivity index is 1.88. The summed E-state index contributed by atoms with van der Waals surface area (Å²) >= 11 is 0. The van der Waals surface area contributed by atoms with E-state index in [1.54, 1.807) is 0 Å². The number of carbonyl (C=O) groups is 1. The average Bonchev–Trinajstić information content (AvgIpc) is 2.63. The lowest BCUT2D eigenvalue weighted by molar-refractivity contribution is -0.138. The largest absolute Gasteiger partial charge is 0.417 e. The molecule has 1 N–H and O–H groups in total. The summed E-state index contributed by atoms with van der Waals surface area (Å²) in [6.45, 7) is 3.74. The van der Waals surface area contributed by atoms with E-state index in [9.17, 15) is 26.4 Å². The Morgan fingerprint density at radius 1 is 1.14 bits per heavy atom. The third-order valence-electron chi connectivity index (χ3n) is 4.96. The molecule has 2 rings (SSSR count). The van der Waals surface area contributed by atoms with Crippen LogP contribution in [0.25, 0.3) is 0 Å². The smallest absolute Gasteiger partial charge is 0.336 e. The topological polar surface area (TPSA) is 77.9 Å². The van der Waals surface area contributed by atoms with Crippen LogP contribution < -0.4 is 0 Å². The van der Waals surface area contributed by atoms with E-state index < -0.39 is 27.8 Å². The average molecular weight is 422 g/mol. The van der Waals surface area contributed by atoms with Gasteiger partial charge in [-0.15, -0.1) is 0 Å². The molecular formula is C18H25F3N2O4S. The summed E-state index contributed by atoms with van der Waals surface area (Å²) in [5.74, 6) is -0.881. The van der Waals surface area contributed by atoms with Crippen molar-refractivity contribution < 1.29 is 30.9 Å². The predicted molar refractivity (Wildman–Crippen MR) is 98.6 cm³/mol. The van der Waals surface area contributed by atoms with E-state index in [-0.39, 0.29) is 17.4 Å². The van der Waals surface area contributed by atoms with Crippen molar-refractivity contribution in [1.82, 2.24) is 9.80 Å². The van der Waals surface area contributed by atoms with Crippen molar-refractivity contribution in [3.8, 4) is 0 Å². The molecule has 1 aliphatic heterocycles. The highest BCUT2D eigenvalue weighted by molar-refractivity contribution is 7.85. The van der Waals surface area contributed by atoms with Gasteiger partial charge >= 0.3 is 6.18 Å². The Morgan fingerprint density at radius 3 is 2.32 bits per heavy atom. The fraction of sp³-hybridized carbons (Fsp3) is 0.611. The standard InChI is InChI=1S/C18H25F3N2O4S/c1-14(6-4-5-13-28(25,26)27)22-9-11-23(12-10-22)17(24)15-7-2-3-8-16(15)18(19,20)21/h2-3,7-8,14H,4-6,9-13H2,1H3,(H,25,26,27). The minimum Gasteiger partial charge on any atom is -0.336 e. The normalized spacial score (nSPS) is 17.5. The number of carbonyl (C=O) groups excluding carboxylic acids is 1. The molecule has 1 aromatic carbocycles. The molecule has 28 heavy (non-hydrogen) atoms. The third kappa shape index (κ3) is 6.46. The Morgan fingerprint density at radius 2 is 1.75 bits per heavy atom. The van der Waals surface area contributed by atoms with E-state index >= 15 is 0 Å². The van der Waals surface area contributed by atoms with Crippen molar-refractivity contribution in [2.75, 3.05) is 31.9 Å². The van der Waals surface area contributed by atoms with Gasteiger partial charge in [0, 0.05) is 32.2 Å². The lowest BCUT2D eigenvalue weighted by Crippen LogP contribution is -2.51. The molecule has 1 aliphatic rings.